The van der Waals surface area contributed by atoms with Crippen LogP contribution in [0, 0.1) is 5.92 Å². The predicted molar refractivity (Wildman–Crippen MR) is 109 cm³/mol. The van der Waals surface area contributed by atoms with Crippen molar-refractivity contribution in [1.82, 2.24) is 19.9 Å². The third kappa shape index (κ3) is 4.05. The van der Waals surface area contributed by atoms with E-state index >= 15 is 0 Å². The molecular weight excluding hydrogens is 378 g/mol. The summed E-state index contributed by atoms with van der Waals surface area (Å²) in [5.74, 6) is 1.91. The summed E-state index contributed by atoms with van der Waals surface area (Å²) in [6.45, 7) is 4.78. The minimum Gasteiger partial charge on any atom is -0.489 e. The highest BCUT2D eigenvalue weighted by atomic mass is 35.5. The summed E-state index contributed by atoms with van der Waals surface area (Å²) in [7, 11) is 0. The number of halogens is 1. The topological polar surface area (TPSA) is 92.0 Å². The van der Waals surface area contributed by atoms with E-state index in [4.69, 9.17) is 15.0 Å². The van der Waals surface area contributed by atoms with Crippen molar-refractivity contribution in [2.24, 2.45) is 11.7 Å². The van der Waals surface area contributed by atoms with Gasteiger partial charge in [0.15, 0.2) is 17.3 Å². The SMILES string of the molecule is CC(C)COc1cn(-c2ccccc2)nc1-c1nc(C2(N)CCCC2)no1.Cl. The highest BCUT2D eigenvalue weighted by Crippen LogP contribution is 2.36. The molecule has 1 aromatic carbocycles. The molecule has 0 aliphatic heterocycles. The molecule has 0 saturated heterocycles. The molecule has 0 spiro atoms. The highest BCUT2D eigenvalue weighted by Gasteiger charge is 2.36. The first kappa shape index (κ1) is 20.4. The highest BCUT2D eigenvalue weighted by molar-refractivity contribution is 5.85. The first-order valence-corrected chi connectivity index (χ1v) is 9.46. The third-order valence-corrected chi connectivity index (χ3v) is 4.84. The van der Waals surface area contributed by atoms with E-state index in [1.54, 1.807) is 4.68 Å². The number of nitrogens with two attached hydrogens (primary N) is 1. The van der Waals surface area contributed by atoms with Crippen LogP contribution in [-0.4, -0.2) is 26.5 Å². The zero-order valence-corrected chi connectivity index (χ0v) is 17.0. The summed E-state index contributed by atoms with van der Waals surface area (Å²) < 4.78 is 13.3. The van der Waals surface area contributed by atoms with Crippen LogP contribution in [0.2, 0.25) is 0 Å². The number of hydrogen-bond acceptors (Lipinski definition) is 6. The van der Waals surface area contributed by atoms with Gasteiger partial charge in [0.1, 0.15) is 0 Å². The molecule has 2 aromatic heterocycles. The standard InChI is InChI=1S/C20H25N5O2.ClH/c1-14(2)13-26-16-12-25(15-8-4-3-5-9-15)23-17(16)18-22-19(24-27-18)20(21)10-6-7-11-20;/h3-5,8-9,12,14H,6-7,10-11,13,21H2,1-2H3;1H. The van der Waals surface area contributed by atoms with Gasteiger partial charge in [0.25, 0.3) is 5.89 Å². The van der Waals surface area contributed by atoms with E-state index in [-0.39, 0.29) is 12.4 Å². The molecule has 0 radical (unpaired) electrons. The smallest absolute Gasteiger partial charge is 0.282 e. The molecule has 0 amide bonds. The molecule has 28 heavy (non-hydrogen) atoms. The van der Waals surface area contributed by atoms with Gasteiger partial charge in [-0.2, -0.15) is 10.1 Å². The zero-order valence-electron chi connectivity index (χ0n) is 16.2. The maximum absolute atomic E-state index is 6.46. The lowest BCUT2D eigenvalue weighted by Gasteiger charge is -2.17. The number of aromatic nitrogens is 4. The lowest BCUT2D eigenvalue weighted by molar-refractivity contribution is 0.271. The number of benzene rings is 1. The summed E-state index contributed by atoms with van der Waals surface area (Å²) in [5.41, 5.74) is 7.44. The van der Waals surface area contributed by atoms with Crippen molar-refractivity contribution in [2.75, 3.05) is 6.61 Å². The van der Waals surface area contributed by atoms with Gasteiger partial charge >= 0.3 is 0 Å². The first-order chi connectivity index (χ1) is 13.0. The molecule has 1 fully saturated rings. The Kier molecular flexibility index (Phi) is 6.05. The second kappa shape index (κ2) is 8.32. The van der Waals surface area contributed by atoms with Gasteiger partial charge in [-0.15, -0.1) is 12.4 Å². The number of para-hydroxylation sites is 1. The monoisotopic (exact) mass is 403 g/mol. The van der Waals surface area contributed by atoms with Crippen LogP contribution < -0.4 is 10.5 Å². The van der Waals surface area contributed by atoms with Gasteiger partial charge < -0.3 is 15.0 Å². The third-order valence-electron chi connectivity index (χ3n) is 4.84. The summed E-state index contributed by atoms with van der Waals surface area (Å²) >= 11 is 0. The van der Waals surface area contributed by atoms with Crippen LogP contribution in [0.4, 0.5) is 0 Å². The molecule has 0 atom stereocenters. The number of rotatable bonds is 6. The molecule has 2 heterocycles. The lowest BCUT2D eigenvalue weighted by atomic mass is 9.99. The van der Waals surface area contributed by atoms with Gasteiger partial charge in [0, 0.05) is 0 Å². The second-order valence-electron chi connectivity index (χ2n) is 7.61. The molecule has 1 saturated carbocycles. The Labute approximate surface area is 170 Å². The van der Waals surface area contributed by atoms with E-state index in [9.17, 15) is 0 Å². The molecule has 0 unspecified atom stereocenters. The number of nitrogens with zero attached hydrogens (tertiary/aromatic N) is 4. The van der Waals surface area contributed by atoms with Crippen LogP contribution >= 0.6 is 12.4 Å². The van der Waals surface area contributed by atoms with Crippen molar-refractivity contribution >= 4 is 12.4 Å². The summed E-state index contributed by atoms with van der Waals surface area (Å²) in [5, 5.41) is 8.79. The maximum atomic E-state index is 6.46. The fraction of sp³-hybridized carbons (Fsp3) is 0.450. The van der Waals surface area contributed by atoms with Crippen LogP contribution in [0.3, 0.4) is 0 Å². The zero-order chi connectivity index (χ0) is 18.9. The van der Waals surface area contributed by atoms with Crippen LogP contribution in [0.1, 0.15) is 45.4 Å². The van der Waals surface area contributed by atoms with Gasteiger partial charge in [0.05, 0.1) is 24.0 Å². The van der Waals surface area contributed by atoms with E-state index in [1.807, 2.05) is 36.5 Å². The van der Waals surface area contributed by atoms with Crippen LogP contribution in [0.15, 0.2) is 41.1 Å². The summed E-state index contributed by atoms with van der Waals surface area (Å²) in [6, 6.07) is 9.87. The van der Waals surface area contributed by atoms with E-state index in [2.05, 4.69) is 29.1 Å². The van der Waals surface area contributed by atoms with E-state index in [0.29, 0.717) is 35.7 Å². The fourth-order valence-corrected chi connectivity index (χ4v) is 3.33. The van der Waals surface area contributed by atoms with Crippen LogP contribution in [0.25, 0.3) is 17.3 Å². The minimum absolute atomic E-state index is 0. The first-order valence-electron chi connectivity index (χ1n) is 9.46. The Hall–Kier alpha value is -2.38. The van der Waals surface area contributed by atoms with E-state index in [1.165, 1.54) is 0 Å². The fourth-order valence-electron chi connectivity index (χ4n) is 3.33. The molecule has 2 N–H and O–H groups in total. The van der Waals surface area contributed by atoms with Gasteiger partial charge in [-0.3, -0.25) is 0 Å². The summed E-state index contributed by atoms with van der Waals surface area (Å²) in [4.78, 5) is 4.57. The Morgan fingerprint density at radius 3 is 2.61 bits per heavy atom. The van der Waals surface area contributed by atoms with Crippen molar-refractivity contribution in [3.8, 4) is 23.0 Å². The molecule has 7 nitrogen and oxygen atoms in total. The molecule has 4 rings (SSSR count). The molecule has 0 bridgehead atoms. The Morgan fingerprint density at radius 1 is 1.21 bits per heavy atom. The molecule has 1 aliphatic carbocycles. The van der Waals surface area contributed by atoms with Gasteiger partial charge in [-0.05, 0) is 30.9 Å². The van der Waals surface area contributed by atoms with Crippen LogP contribution in [0.5, 0.6) is 5.75 Å². The van der Waals surface area contributed by atoms with Gasteiger partial charge in [0.2, 0.25) is 0 Å². The van der Waals surface area contributed by atoms with Crippen molar-refractivity contribution in [3.63, 3.8) is 0 Å². The van der Waals surface area contributed by atoms with Crippen molar-refractivity contribution in [2.45, 2.75) is 45.1 Å². The molecule has 3 aromatic rings. The predicted octanol–water partition coefficient (Wildman–Crippen LogP) is 4.11. The number of hydrogen-bond donors (Lipinski definition) is 1. The van der Waals surface area contributed by atoms with E-state index < -0.39 is 5.54 Å². The molecular formula is C20H26ClN5O2. The average Bonchev–Trinajstić information content (AvgIpc) is 3.40. The Balaban J connectivity index is 0.00000225. The lowest BCUT2D eigenvalue weighted by Crippen LogP contribution is -2.34. The van der Waals surface area contributed by atoms with Gasteiger partial charge in [-0.25, -0.2) is 4.68 Å². The average molecular weight is 404 g/mol. The van der Waals surface area contributed by atoms with Gasteiger partial charge in [-0.1, -0.05) is 50.0 Å². The number of ether oxygens (including phenoxy) is 1. The largest absolute Gasteiger partial charge is 0.489 e. The second-order valence-corrected chi connectivity index (χ2v) is 7.61. The Bertz CT molecular complexity index is 900. The Morgan fingerprint density at radius 2 is 1.93 bits per heavy atom. The van der Waals surface area contributed by atoms with Crippen molar-refractivity contribution in [3.05, 3.63) is 42.4 Å². The molecule has 1 aliphatic rings. The van der Waals surface area contributed by atoms with E-state index in [0.717, 1.165) is 31.4 Å². The maximum Gasteiger partial charge on any atom is 0.282 e. The van der Waals surface area contributed by atoms with Crippen molar-refractivity contribution in [1.29, 1.82) is 0 Å². The minimum atomic E-state index is -0.497. The normalized spacial score (nSPS) is 15.6. The molecule has 150 valence electrons. The van der Waals surface area contributed by atoms with Crippen molar-refractivity contribution < 1.29 is 9.26 Å². The van der Waals surface area contributed by atoms with Crippen LogP contribution in [-0.2, 0) is 5.54 Å². The quantitative estimate of drug-likeness (QED) is 0.665. The molecule has 8 heteroatoms. The summed E-state index contributed by atoms with van der Waals surface area (Å²) in [6.07, 6.45) is 5.78.